The maximum atomic E-state index is 4.27. The number of hydrogen-bond acceptors (Lipinski definition) is 1. The molecule has 0 bridgehead atoms. The lowest BCUT2D eigenvalue weighted by Gasteiger charge is -1.95. The third-order valence-corrected chi connectivity index (χ3v) is 1.11. The van der Waals surface area contributed by atoms with E-state index < -0.39 is 0 Å². The summed E-state index contributed by atoms with van der Waals surface area (Å²) in [5, 5.41) is 0. The Balaban J connectivity index is 0. The Labute approximate surface area is 71.2 Å². The lowest BCUT2D eigenvalue weighted by molar-refractivity contribution is 1.18. The first-order valence-electron chi connectivity index (χ1n) is 4.20. The van der Waals surface area contributed by atoms with Crippen molar-refractivity contribution >= 4 is 5.71 Å². The van der Waals surface area contributed by atoms with Crippen molar-refractivity contribution in [3.8, 4) is 0 Å². The molecule has 0 aromatic heterocycles. The summed E-state index contributed by atoms with van der Waals surface area (Å²) in [4.78, 5) is 4.27. The zero-order chi connectivity index (χ0) is 9.44. The molecule has 0 rings (SSSR count). The molecular formula is C10H21N. The van der Waals surface area contributed by atoms with Gasteiger partial charge < -0.3 is 0 Å². The minimum atomic E-state index is 1.12. The molecule has 0 fully saturated rings. The molecule has 0 radical (unpaired) electrons. The van der Waals surface area contributed by atoms with E-state index in [0.717, 1.165) is 11.4 Å². The van der Waals surface area contributed by atoms with Crippen molar-refractivity contribution in [2.24, 2.45) is 4.99 Å². The van der Waals surface area contributed by atoms with Crippen LogP contribution in [-0.2, 0) is 0 Å². The normalized spacial score (nSPS) is 7.55. The average molecular weight is 155 g/mol. The van der Waals surface area contributed by atoms with Crippen molar-refractivity contribution in [3.05, 3.63) is 11.3 Å². The summed E-state index contributed by atoms with van der Waals surface area (Å²) in [7, 11) is 0. The Morgan fingerprint density at radius 1 is 0.818 bits per heavy atom. The molecular weight excluding hydrogens is 134 g/mol. The van der Waals surface area contributed by atoms with Gasteiger partial charge in [0.1, 0.15) is 0 Å². The van der Waals surface area contributed by atoms with Crippen LogP contribution in [0.1, 0.15) is 48.5 Å². The van der Waals surface area contributed by atoms with Crippen LogP contribution in [0.2, 0.25) is 0 Å². The predicted octanol–water partition coefficient (Wildman–Crippen LogP) is 3.81. The van der Waals surface area contributed by atoms with Crippen molar-refractivity contribution in [1.29, 1.82) is 0 Å². The third-order valence-electron chi connectivity index (χ3n) is 1.11. The molecule has 0 saturated carbocycles. The van der Waals surface area contributed by atoms with E-state index in [9.17, 15) is 0 Å². The maximum absolute atomic E-state index is 4.27. The molecule has 11 heavy (non-hydrogen) atoms. The Kier molecular flexibility index (Phi) is 8.91. The number of hydrogen-bond donors (Lipinski definition) is 0. The highest BCUT2D eigenvalue weighted by Crippen LogP contribution is 2.02. The molecule has 0 saturated heterocycles. The lowest BCUT2D eigenvalue weighted by Crippen LogP contribution is -1.82. The lowest BCUT2D eigenvalue weighted by atomic mass is 10.3. The molecule has 0 aliphatic heterocycles. The molecule has 0 aliphatic rings. The second kappa shape index (κ2) is 7.52. The number of allylic oxidation sites excluding steroid dienone is 2. The van der Waals surface area contributed by atoms with Crippen molar-refractivity contribution in [1.82, 2.24) is 0 Å². The van der Waals surface area contributed by atoms with Crippen LogP contribution in [0.25, 0.3) is 0 Å². The Morgan fingerprint density at radius 2 is 1.18 bits per heavy atom. The van der Waals surface area contributed by atoms with E-state index in [1.165, 1.54) is 5.57 Å². The van der Waals surface area contributed by atoms with Gasteiger partial charge in [0.2, 0.25) is 0 Å². The highest BCUT2D eigenvalue weighted by molar-refractivity contribution is 5.80. The summed E-state index contributed by atoms with van der Waals surface area (Å²) in [5.74, 6) is 0. The van der Waals surface area contributed by atoms with Crippen molar-refractivity contribution in [2.45, 2.75) is 48.5 Å². The molecule has 0 unspecified atom stereocenters. The summed E-state index contributed by atoms with van der Waals surface area (Å²) >= 11 is 0. The van der Waals surface area contributed by atoms with Gasteiger partial charge in [0, 0.05) is 11.4 Å². The van der Waals surface area contributed by atoms with Crippen molar-refractivity contribution in [3.63, 3.8) is 0 Å². The van der Waals surface area contributed by atoms with Crippen molar-refractivity contribution in [2.75, 3.05) is 0 Å². The fourth-order valence-electron chi connectivity index (χ4n) is 0.447. The quantitative estimate of drug-likeness (QED) is 0.511. The number of rotatable bonds is 1. The van der Waals surface area contributed by atoms with Crippen LogP contribution in [0, 0.1) is 0 Å². The van der Waals surface area contributed by atoms with Gasteiger partial charge in [-0.1, -0.05) is 19.4 Å². The Hall–Kier alpha value is -0.590. The fraction of sp³-hybridized carbons (Fsp3) is 0.700. The van der Waals surface area contributed by atoms with E-state index in [1.807, 2.05) is 34.6 Å². The fourth-order valence-corrected chi connectivity index (χ4v) is 0.447. The predicted molar refractivity (Wildman–Crippen MR) is 54.2 cm³/mol. The van der Waals surface area contributed by atoms with Crippen LogP contribution >= 0.6 is 0 Å². The molecule has 0 aromatic rings. The molecule has 0 N–H and O–H groups in total. The standard InChI is InChI=1S/C8H15N.C2H6/c1-6(2)8(5)9-7(3)4;1-2/h1-5H3;1-2H3. The summed E-state index contributed by atoms with van der Waals surface area (Å²) in [6, 6.07) is 0. The minimum Gasteiger partial charge on any atom is -0.263 e. The summed E-state index contributed by atoms with van der Waals surface area (Å²) in [6.07, 6.45) is 0. The van der Waals surface area contributed by atoms with Crippen LogP contribution in [0.3, 0.4) is 0 Å². The second-order valence-corrected chi connectivity index (χ2v) is 2.64. The van der Waals surface area contributed by atoms with Crippen LogP contribution < -0.4 is 0 Å². The molecule has 0 heterocycles. The smallest absolute Gasteiger partial charge is 0.0358 e. The summed E-state index contributed by atoms with van der Waals surface area (Å²) in [6.45, 7) is 14.2. The van der Waals surface area contributed by atoms with E-state index in [-0.39, 0.29) is 0 Å². The zero-order valence-corrected chi connectivity index (χ0v) is 8.95. The molecule has 0 aliphatic carbocycles. The van der Waals surface area contributed by atoms with Gasteiger partial charge in [-0.2, -0.15) is 0 Å². The Bertz CT molecular complexity index is 144. The molecule has 0 atom stereocenters. The van der Waals surface area contributed by atoms with Gasteiger partial charge in [-0.25, -0.2) is 0 Å². The van der Waals surface area contributed by atoms with E-state index in [1.54, 1.807) is 0 Å². The van der Waals surface area contributed by atoms with Crippen LogP contribution in [0.15, 0.2) is 16.3 Å². The van der Waals surface area contributed by atoms with E-state index >= 15 is 0 Å². The maximum Gasteiger partial charge on any atom is 0.0358 e. The highest BCUT2D eigenvalue weighted by atomic mass is 14.7. The third kappa shape index (κ3) is 9.41. The molecule has 0 amide bonds. The topological polar surface area (TPSA) is 12.4 Å². The first-order chi connectivity index (χ1) is 5.04. The highest BCUT2D eigenvalue weighted by Gasteiger charge is 1.85. The van der Waals surface area contributed by atoms with Gasteiger partial charge in [0.05, 0.1) is 0 Å². The van der Waals surface area contributed by atoms with E-state index in [4.69, 9.17) is 0 Å². The molecule has 66 valence electrons. The van der Waals surface area contributed by atoms with Crippen LogP contribution in [-0.4, -0.2) is 5.71 Å². The average Bonchev–Trinajstić information content (AvgIpc) is 1.90. The van der Waals surface area contributed by atoms with Gasteiger partial charge in [-0.3, -0.25) is 4.99 Å². The Morgan fingerprint density at radius 3 is 1.27 bits per heavy atom. The van der Waals surface area contributed by atoms with Crippen molar-refractivity contribution < 1.29 is 0 Å². The van der Waals surface area contributed by atoms with Gasteiger partial charge >= 0.3 is 0 Å². The van der Waals surface area contributed by atoms with Gasteiger partial charge in [0.25, 0.3) is 0 Å². The minimum absolute atomic E-state index is 1.12. The summed E-state index contributed by atoms with van der Waals surface area (Å²) in [5.41, 5.74) is 3.54. The molecule has 0 aromatic carbocycles. The van der Waals surface area contributed by atoms with Gasteiger partial charge in [-0.05, 0) is 34.6 Å². The monoisotopic (exact) mass is 155 g/mol. The molecule has 1 heteroatoms. The van der Waals surface area contributed by atoms with Gasteiger partial charge in [0.15, 0.2) is 0 Å². The first kappa shape index (κ1) is 13.0. The van der Waals surface area contributed by atoms with E-state index in [0.29, 0.717) is 0 Å². The number of aliphatic imine (C=N–C) groups is 1. The second-order valence-electron chi connectivity index (χ2n) is 2.64. The number of nitrogens with zero attached hydrogens (tertiary/aromatic N) is 1. The largest absolute Gasteiger partial charge is 0.263 e. The van der Waals surface area contributed by atoms with Crippen LogP contribution in [0.4, 0.5) is 0 Å². The van der Waals surface area contributed by atoms with E-state index in [2.05, 4.69) is 18.8 Å². The summed E-state index contributed by atoms with van der Waals surface area (Å²) < 4.78 is 0. The first-order valence-corrected chi connectivity index (χ1v) is 4.20. The SMILES string of the molecule is CC.CC(C)=NC(C)=C(C)C. The van der Waals surface area contributed by atoms with Gasteiger partial charge in [-0.15, -0.1) is 0 Å². The van der Waals surface area contributed by atoms with Crippen LogP contribution in [0.5, 0.6) is 0 Å². The zero-order valence-electron chi connectivity index (χ0n) is 8.95. The molecule has 0 spiro atoms. The molecule has 1 nitrogen and oxygen atoms in total.